The van der Waals surface area contributed by atoms with Crippen molar-refractivity contribution in [3.63, 3.8) is 0 Å². The molecule has 0 aliphatic carbocycles. The van der Waals surface area contributed by atoms with Gasteiger partial charge in [-0.2, -0.15) is 0 Å². The Morgan fingerprint density at radius 1 is 1.05 bits per heavy atom. The molecule has 0 spiro atoms. The fourth-order valence-corrected chi connectivity index (χ4v) is 2.63. The van der Waals surface area contributed by atoms with E-state index in [0.717, 1.165) is 6.26 Å². The van der Waals surface area contributed by atoms with Crippen molar-refractivity contribution >= 4 is 15.6 Å². The molecule has 0 aliphatic heterocycles. The second-order valence-electron chi connectivity index (χ2n) is 4.52. The third-order valence-corrected chi connectivity index (χ3v) is 4.09. The van der Waals surface area contributed by atoms with Crippen LogP contribution in [0, 0.1) is 5.82 Å². The number of benzene rings is 2. The Bertz CT molecular complexity index is 762. The number of rotatable bonds is 3. The van der Waals surface area contributed by atoms with E-state index in [1.807, 2.05) is 0 Å². The van der Waals surface area contributed by atoms with Gasteiger partial charge in [0.05, 0.1) is 10.5 Å². The molecule has 0 unspecified atom stereocenters. The normalized spacial score (nSPS) is 11.3. The van der Waals surface area contributed by atoms with Crippen LogP contribution in [0.25, 0.3) is 11.1 Å². The van der Waals surface area contributed by atoms with Crippen LogP contribution in [-0.2, 0) is 9.84 Å². The standard InChI is InChI=1S/C15H13FO3S/c1-10(17)15-13(4-3-5-14(15)16)11-6-8-12(9-7-11)20(2,18)19/h3-9H,1-2H3. The van der Waals surface area contributed by atoms with Gasteiger partial charge in [0.15, 0.2) is 15.6 Å². The average molecular weight is 292 g/mol. The van der Waals surface area contributed by atoms with Crippen LogP contribution >= 0.6 is 0 Å². The molecule has 0 amide bonds. The summed E-state index contributed by atoms with van der Waals surface area (Å²) in [6.45, 7) is 1.30. The van der Waals surface area contributed by atoms with Gasteiger partial charge in [0, 0.05) is 6.26 Å². The van der Waals surface area contributed by atoms with Crippen LogP contribution < -0.4 is 0 Å². The monoisotopic (exact) mass is 292 g/mol. The van der Waals surface area contributed by atoms with Crippen LogP contribution in [0.15, 0.2) is 47.4 Å². The molecule has 0 aliphatic rings. The largest absolute Gasteiger partial charge is 0.294 e. The lowest BCUT2D eigenvalue weighted by Crippen LogP contribution is -2.01. The number of halogens is 1. The second-order valence-corrected chi connectivity index (χ2v) is 6.53. The molecule has 0 atom stereocenters. The quantitative estimate of drug-likeness (QED) is 0.817. The predicted molar refractivity (Wildman–Crippen MR) is 75.0 cm³/mol. The van der Waals surface area contributed by atoms with Crippen LogP contribution in [-0.4, -0.2) is 20.5 Å². The lowest BCUT2D eigenvalue weighted by Gasteiger charge is -2.09. The van der Waals surface area contributed by atoms with Crippen molar-refractivity contribution in [2.75, 3.05) is 6.26 Å². The molecule has 0 aromatic heterocycles. The Balaban J connectivity index is 2.58. The van der Waals surface area contributed by atoms with Crippen LogP contribution in [0.2, 0.25) is 0 Å². The molecule has 2 aromatic carbocycles. The first kappa shape index (κ1) is 14.4. The third-order valence-electron chi connectivity index (χ3n) is 2.96. The highest BCUT2D eigenvalue weighted by atomic mass is 32.2. The minimum absolute atomic E-state index is 0.0135. The Labute approximate surface area is 117 Å². The van der Waals surface area contributed by atoms with Crippen LogP contribution in [0.3, 0.4) is 0 Å². The molecule has 2 rings (SSSR count). The van der Waals surface area contributed by atoms with Crippen molar-refractivity contribution < 1.29 is 17.6 Å². The zero-order valence-corrected chi connectivity index (χ0v) is 11.9. The van der Waals surface area contributed by atoms with Gasteiger partial charge >= 0.3 is 0 Å². The minimum Gasteiger partial charge on any atom is -0.294 e. The third kappa shape index (κ3) is 2.77. The van der Waals surface area contributed by atoms with Crippen molar-refractivity contribution in [2.45, 2.75) is 11.8 Å². The number of hydrogen-bond donors (Lipinski definition) is 0. The van der Waals surface area contributed by atoms with Gasteiger partial charge in [-0.05, 0) is 36.2 Å². The maximum absolute atomic E-state index is 13.7. The minimum atomic E-state index is -3.28. The van der Waals surface area contributed by atoms with Crippen molar-refractivity contribution in [2.24, 2.45) is 0 Å². The summed E-state index contributed by atoms with van der Waals surface area (Å²) < 4.78 is 36.5. The zero-order chi connectivity index (χ0) is 14.9. The lowest BCUT2D eigenvalue weighted by atomic mass is 9.97. The maximum atomic E-state index is 13.7. The zero-order valence-electron chi connectivity index (χ0n) is 11.1. The summed E-state index contributed by atoms with van der Waals surface area (Å²) in [6, 6.07) is 10.4. The molecule has 3 nitrogen and oxygen atoms in total. The first-order valence-corrected chi connectivity index (χ1v) is 7.80. The molecular weight excluding hydrogens is 279 g/mol. The molecule has 5 heteroatoms. The SMILES string of the molecule is CC(=O)c1c(F)cccc1-c1ccc(S(C)(=O)=O)cc1. The van der Waals surface area contributed by atoms with Gasteiger partial charge in [0.1, 0.15) is 5.82 Å². The molecule has 20 heavy (non-hydrogen) atoms. The highest BCUT2D eigenvalue weighted by molar-refractivity contribution is 7.90. The lowest BCUT2D eigenvalue weighted by molar-refractivity contribution is 0.101. The molecule has 0 fully saturated rings. The highest BCUT2D eigenvalue weighted by Crippen LogP contribution is 2.27. The van der Waals surface area contributed by atoms with E-state index in [1.54, 1.807) is 18.2 Å². The van der Waals surface area contributed by atoms with Gasteiger partial charge < -0.3 is 0 Å². The number of carbonyl (C=O) groups excluding carboxylic acids is 1. The first-order chi connectivity index (χ1) is 9.30. The van der Waals surface area contributed by atoms with E-state index in [4.69, 9.17) is 0 Å². The van der Waals surface area contributed by atoms with Crippen LogP contribution in [0.1, 0.15) is 17.3 Å². The maximum Gasteiger partial charge on any atom is 0.175 e. The number of carbonyl (C=O) groups is 1. The number of sulfone groups is 1. The van der Waals surface area contributed by atoms with Gasteiger partial charge in [-0.3, -0.25) is 4.79 Å². The molecule has 2 aromatic rings. The van der Waals surface area contributed by atoms with Gasteiger partial charge in [-0.1, -0.05) is 24.3 Å². The van der Waals surface area contributed by atoms with E-state index in [0.29, 0.717) is 11.1 Å². The molecular formula is C15H13FO3S. The summed E-state index contributed by atoms with van der Waals surface area (Å²) in [7, 11) is -3.28. The molecule has 0 N–H and O–H groups in total. The van der Waals surface area contributed by atoms with Crippen molar-refractivity contribution in [3.8, 4) is 11.1 Å². The van der Waals surface area contributed by atoms with E-state index < -0.39 is 15.7 Å². The first-order valence-electron chi connectivity index (χ1n) is 5.90. The molecule has 0 heterocycles. The van der Waals surface area contributed by atoms with Crippen molar-refractivity contribution in [1.29, 1.82) is 0 Å². The second kappa shape index (κ2) is 5.17. The molecule has 0 saturated carbocycles. The van der Waals surface area contributed by atoms with Crippen molar-refractivity contribution in [3.05, 3.63) is 53.8 Å². The molecule has 0 saturated heterocycles. The topological polar surface area (TPSA) is 51.2 Å². The van der Waals surface area contributed by atoms with Crippen LogP contribution in [0.4, 0.5) is 4.39 Å². The predicted octanol–water partition coefficient (Wildman–Crippen LogP) is 3.10. The van der Waals surface area contributed by atoms with Gasteiger partial charge in [-0.15, -0.1) is 0 Å². The summed E-state index contributed by atoms with van der Waals surface area (Å²) >= 11 is 0. The highest BCUT2D eigenvalue weighted by Gasteiger charge is 2.15. The van der Waals surface area contributed by atoms with Crippen LogP contribution in [0.5, 0.6) is 0 Å². The Morgan fingerprint density at radius 3 is 2.15 bits per heavy atom. The van der Waals surface area contributed by atoms with E-state index in [-0.39, 0.29) is 16.2 Å². The summed E-state index contributed by atoms with van der Waals surface area (Å²) in [4.78, 5) is 11.7. The Kier molecular flexibility index (Phi) is 3.72. The Morgan fingerprint density at radius 2 is 1.65 bits per heavy atom. The Hall–Kier alpha value is -2.01. The summed E-state index contributed by atoms with van der Waals surface area (Å²) in [5.41, 5.74) is 1.07. The van der Waals surface area contributed by atoms with Gasteiger partial charge in [-0.25, -0.2) is 12.8 Å². The number of hydrogen-bond acceptors (Lipinski definition) is 3. The average Bonchev–Trinajstić information content (AvgIpc) is 2.37. The summed E-state index contributed by atoms with van der Waals surface area (Å²) in [5.74, 6) is -0.951. The van der Waals surface area contributed by atoms with E-state index in [2.05, 4.69) is 0 Å². The van der Waals surface area contributed by atoms with E-state index in [9.17, 15) is 17.6 Å². The fourth-order valence-electron chi connectivity index (χ4n) is 2.00. The number of Topliss-reactive ketones (excluding diaryl/α,β-unsaturated/α-hetero) is 1. The van der Waals surface area contributed by atoms with Crippen molar-refractivity contribution in [1.82, 2.24) is 0 Å². The smallest absolute Gasteiger partial charge is 0.175 e. The van der Waals surface area contributed by atoms with E-state index >= 15 is 0 Å². The van der Waals surface area contributed by atoms with Gasteiger partial charge in [0.25, 0.3) is 0 Å². The van der Waals surface area contributed by atoms with Gasteiger partial charge in [0.2, 0.25) is 0 Å². The molecule has 0 bridgehead atoms. The molecule has 0 radical (unpaired) electrons. The molecule has 104 valence electrons. The fraction of sp³-hybridized carbons (Fsp3) is 0.133. The summed E-state index contributed by atoms with van der Waals surface area (Å²) in [5, 5.41) is 0. The number of ketones is 1. The summed E-state index contributed by atoms with van der Waals surface area (Å²) in [6.07, 6.45) is 1.12. The van der Waals surface area contributed by atoms with E-state index in [1.165, 1.54) is 31.2 Å².